The van der Waals surface area contributed by atoms with E-state index in [1.165, 1.54) is 24.3 Å². The Morgan fingerprint density at radius 1 is 0.731 bits per heavy atom. The Balaban J connectivity index is 0.000000198. The number of anilines is 6. The number of nitrogens with zero attached hydrogens (tertiary/aromatic N) is 7. The highest BCUT2D eigenvalue weighted by molar-refractivity contribution is 7.85. The summed E-state index contributed by atoms with van der Waals surface area (Å²) in [5, 5.41) is 12.5. The normalized spacial score (nSPS) is 17.4. The van der Waals surface area contributed by atoms with E-state index in [-0.39, 0.29) is 35.1 Å². The van der Waals surface area contributed by atoms with Crippen LogP contribution in [0.1, 0.15) is 18.8 Å². The van der Waals surface area contributed by atoms with Crippen molar-refractivity contribution in [2.45, 2.75) is 30.1 Å². The molecule has 52 heavy (non-hydrogen) atoms. The second-order valence-corrected chi connectivity index (χ2v) is 15.3. The third-order valence-corrected chi connectivity index (χ3v) is 11.4. The lowest BCUT2D eigenvalue weighted by molar-refractivity contribution is 0.628. The van der Waals surface area contributed by atoms with Crippen molar-refractivity contribution in [1.82, 2.24) is 30.1 Å². The van der Waals surface area contributed by atoms with Crippen molar-refractivity contribution in [3.05, 3.63) is 98.4 Å². The van der Waals surface area contributed by atoms with Crippen molar-refractivity contribution >= 4 is 79.4 Å². The van der Waals surface area contributed by atoms with E-state index in [9.17, 15) is 22.0 Å². The number of rotatable bonds is 6. The molecule has 13 nitrogen and oxygen atoms in total. The van der Waals surface area contributed by atoms with E-state index in [1.54, 1.807) is 30.3 Å². The summed E-state index contributed by atoms with van der Waals surface area (Å²) in [6.45, 7) is 2.31. The van der Waals surface area contributed by atoms with Gasteiger partial charge in [0.2, 0.25) is 11.2 Å². The summed E-state index contributed by atoms with van der Waals surface area (Å²) in [5.41, 5.74) is 2.67. The van der Waals surface area contributed by atoms with Gasteiger partial charge in [0.1, 0.15) is 27.1 Å². The topological polar surface area (TPSA) is 162 Å². The molecule has 3 aliphatic rings. The summed E-state index contributed by atoms with van der Waals surface area (Å²) in [7, 11) is -2.34. The molecule has 19 heteroatoms. The lowest BCUT2D eigenvalue weighted by Gasteiger charge is -2.35. The van der Waals surface area contributed by atoms with Crippen molar-refractivity contribution < 1.29 is 17.2 Å². The van der Waals surface area contributed by atoms with Crippen molar-refractivity contribution in [1.29, 1.82) is 0 Å². The number of aryl methyl sites for hydroxylation is 2. The second kappa shape index (κ2) is 16.0. The van der Waals surface area contributed by atoms with Gasteiger partial charge >= 0.3 is 0 Å². The molecule has 1 fully saturated rings. The van der Waals surface area contributed by atoms with Gasteiger partial charge in [0.25, 0.3) is 5.56 Å². The van der Waals surface area contributed by atoms with E-state index >= 15 is 0 Å². The summed E-state index contributed by atoms with van der Waals surface area (Å²) in [6.07, 6.45) is 1.21. The number of benzene rings is 2. The van der Waals surface area contributed by atoms with Crippen LogP contribution in [0, 0.1) is 11.6 Å². The molecular formula is C33H32Cl2F2N10O3S2. The largest absolute Gasteiger partial charge is 0.363 e. The van der Waals surface area contributed by atoms with Gasteiger partial charge in [0, 0.05) is 68.0 Å². The molecule has 2 unspecified atom stereocenters. The summed E-state index contributed by atoms with van der Waals surface area (Å²) >= 11 is 11.8. The first-order valence-corrected chi connectivity index (χ1v) is 19.0. The van der Waals surface area contributed by atoms with Crippen molar-refractivity contribution in [3.63, 3.8) is 0 Å². The number of aromatic amines is 1. The Morgan fingerprint density at radius 2 is 1.27 bits per heavy atom. The number of aromatic nitrogens is 6. The van der Waals surface area contributed by atoms with Gasteiger partial charge in [-0.05, 0) is 48.0 Å². The van der Waals surface area contributed by atoms with Crippen molar-refractivity contribution in [2.24, 2.45) is 0 Å². The molecule has 0 aliphatic carbocycles. The molecule has 2 atom stereocenters. The molecule has 3 N–H and O–H groups in total. The van der Waals surface area contributed by atoms with Gasteiger partial charge < -0.3 is 20.4 Å². The Labute approximate surface area is 312 Å². The zero-order chi connectivity index (χ0) is 35.6. The van der Waals surface area contributed by atoms with Gasteiger partial charge in [0.15, 0.2) is 16.8 Å². The molecule has 0 bridgehead atoms. The third kappa shape index (κ3) is 8.22. The predicted octanol–water partition coefficient (Wildman–Crippen LogP) is 5.40. The van der Waals surface area contributed by atoms with E-state index in [4.69, 9.17) is 23.2 Å². The number of nitrogens with one attached hydrogen (secondary N) is 3. The average molecular weight is 790 g/mol. The van der Waals surface area contributed by atoms with Crippen LogP contribution < -0.4 is 26.0 Å². The first-order chi connectivity index (χ1) is 24.6. The van der Waals surface area contributed by atoms with Crippen LogP contribution in [0.2, 0.25) is 10.4 Å². The maximum Gasteiger partial charge on any atom is 0.287 e. The number of hydrogen-bond donors (Lipinski definition) is 3. The summed E-state index contributed by atoms with van der Waals surface area (Å²) in [6, 6.07) is 13.6. The van der Waals surface area contributed by atoms with E-state index in [0.717, 1.165) is 5.69 Å². The monoisotopic (exact) mass is 788 g/mol. The standard InChI is InChI=1S/C20H19ClFN7O2S.C12H9ClFN3OS.CH4/c21-16-11-15(19(30)27-26-16)28-5-7-29(8-6-28)20-24-14-4-9-32(31)17(14)18(25-20)23-13-3-1-2-12(22)10-13;13-12-16-9-4-5-19(18)10(9)11(17-12)15-8-3-1-2-7(14)6-8;/h1-3,10-11H,4-9H2,(H,27,30)(H,23,24,25);1-3,6H,4-5H2,(H,15,16,17);1H4. The van der Waals surface area contributed by atoms with Crippen molar-refractivity contribution in [2.75, 3.05) is 58.1 Å². The van der Waals surface area contributed by atoms with Gasteiger partial charge in [-0.15, -0.1) is 0 Å². The van der Waals surface area contributed by atoms with Gasteiger partial charge in [0.05, 0.1) is 33.0 Å². The number of hydrogen-bond acceptors (Lipinski definition) is 12. The molecule has 8 rings (SSSR count). The first-order valence-electron chi connectivity index (χ1n) is 15.7. The SMILES string of the molecule is C.O=S1CCc2nc(Cl)nc(Nc3cccc(F)c3)c21.O=c1[nH]nc(Cl)cc1N1CCN(c2nc3c(c(Nc4cccc(F)c4)n2)S(=O)CC3)CC1. The molecule has 2 aromatic carbocycles. The Kier molecular flexibility index (Phi) is 11.4. The zero-order valence-electron chi connectivity index (χ0n) is 26.5. The minimum Gasteiger partial charge on any atom is -0.363 e. The van der Waals surface area contributed by atoms with Gasteiger partial charge in [-0.1, -0.05) is 31.2 Å². The fourth-order valence-electron chi connectivity index (χ4n) is 5.82. The zero-order valence-corrected chi connectivity index (χ0v) is 29.7. The number of fused-ring (bicyclic) bond motifs is 2. The minimum atomic E-state index is -1.20. The van der Waals surface area contributed by atoms with Crippen LogP contribution in [0.25, 0.3) is 0 Å². The Hall–Kier alpha value is -4.58. The highest BCUT2D eigenvalue weighted by atomic mass is 35.5. The van der Waals surface area contributed by atoms with Gasteiger partial charge in [-0.2, -0.15) is 15.1 Å². The molecule has 3 aliphatic heterocycles. The molecule has 0 amide bonds. The van der Waals surface area contributed by atoms with Crippen LogP contribution in [0.15, 0.2) is 69.2 Å². The maximum absolute atomic E-state index is 13.6. The molecule has 0 saturated carbocycles. The van der Waals surface area contributed by atoms with E-state index < -0.39 is 21.6 Å². The lowest BCUT2D eigenvalue weighted by atomic mass is 10.2. The molecule has 5 aromatic rings. The highest BCUT2D eigenvalue weighted by Gasteiger charge is 2.29. The van der Waals surface area contributed by atoms with E-state index in [1.807, 2.05) is 9.80 Å². The van der Waals surface area contributed by atoms with Gasteiger partial charge in [-0.25, -0.2) is 23.8 Å². The molecule has 272 valence electrons. The number of piperazine rings is 1. The summed E-state index contributed by atoms with van der Waals surface area (Å²) < 4.78 is 51.2. The van der Waals surface area contributed by atoms with E-state index in [0.29, 0.717) is 101 Å². The van der Waals surface area contributed by atoms with Crippen LogP contribution in [-0.2, 0) is 34.4 Å². The van der Waals surface area contributed by atoms with Gasteiger partial charge in [-0.3, -0.25) is 13.2 Å². The number of halogens is 4. The fourth-order valence-corrected chi connectivity index (χ4v) is 8.77. The summed E-state index contributed by atoms with van der Waals surface area (Å²) in [5.74, 6) is 1.62. The van der Waals surface area contributed by atoms with Crippen LogP contribution in [-0.4, -0.2) is 76.2 Å². The molecule has 1 saturated heterocycles. The van der Waals surface area contributed by atoms with Crippen molar-refractivity contribution in [3.8, 4) is 0 Å². The fraction of sp³-hybridized carbons (Fsp3) is 0.273. The highest BCUT2D eigenvalue weighted by Crippen LogP contribution is 2.33. The van der Waals surface area contributed by atoms with Crippen LogP contribution >= 0.6 is 23.2 Å². The van der Waals surface area contributed by atoms with Crippen LogP contribution in [0.5, 0.6) is 0 Å². The smallest absolute Gasteiger partial charge is 0.287 e. The summed E-state index contributed by atoms with van der Waals surface area (Å²) in [4.78, 5) is 34.6. The quantitative estimate of drug-likeness (QED) is 0.188. The second-order valence-electron chi connectivity index (χ2n) is 11.5. The first kappa shape index (κ1) is 37.2. The van der Waals surface area contributed by atoms with E-state index in [2.05, 4.69) is 40.8 Å². The predicted molar refractivity (Wildman–Crippen MR) is 199 cm³/mol. The lowest BCUT2D eigenvalue weighted by Crippen LogP contribution is -2.48. The average Bonchev–Trinajstić information content (AvgIpc) is 3.68. The van der Waals surface area contributed by atoms with Crippen LogP contribution in [0.3, 0.4) is 0 Å². The molecule has 0 spiro atoms. The molecule has 0 radical (unpaired) electrons. The number of H-pyrrole nitrogens is 1. The molecule has 6 heterocycles. The maximum atomic E-state index is 13.6. The Bertz CT molecular complexity index is 2240. The molecular weight excluding hydrogens is 757 g/mol. The third-order valence-electron chi connectivity index (χ3n) is 8.17. The molecule has 3 aromatic heterocycles. The Morgan fingerprint density at radius 3 is 1.85 bits per heavy atom. The minimum absolute atomic E-state index is 0. The van der Waals surface area contributed by atoms with Crippen LogP contribution in [0.4, 0.5) is 43.4 Å².